The summed E-state index contributed by atoms with van der Waals surface area (Å²) < 4.78 is 5.48. The molecule has 0 aromatic heterocycles. The fourth-order valence-electron chi connectivity index (χ4n) is 4.16. The summed E-state index contributed by atoms with van der Waals surface area (Å²) in [7, 11) is 0. The molecule has 3 aliphatic rings. The van der Waals surface area contributed by atoms with E-state index in [4.69, 9.17) is 9.57 Å². The van der Waals surface area contributed by atoms with Gasteiger partial charge in [-0.1, -0.05) is 11.6 Å². The van der Waals surface area contributed by atoms with Gasteiger partial charge in [0.2, 0.25) is 0 Å². The molecule has 7 nitrogen and oxygen atoms in total. The van der Waals surface area contributed by atoms with Gasteiger partial charge in [-0.15, -0.1) is 0 Å². The first-order valence-corrected chi connectivity index (χ1v) is 8.54. The maximum absolute atomic E-state index is 10.9. The zero-order chi connectivity index (χ0) is 16.6. The van der Waals surface area contributed by atoms with E-state index in [1.165, 1.54) is 12.1 Å². The molecule has 0 bridgehead atoms. The number of hydrogen-bond donors (Lipinski definition) is 0. The monoisotopic (exact) mass is 331 g/mol. The first kappa shape index (κ1) is 15.5. The third-order valence-corrected chi connectivity index (χ3v) is 5.37. The maximum atomic E-state index is 10.9. The lowest BCUT2D eigenvalue weighted by atomic mass is 9.76. The molecule has 0 spiro atoms. The quantitative estimate of drug-likeness (QED) is 0.628. The van der Waals surface area contributed by atoms with Crippen molar-refractivity contribution in [3.05, 3.63) is 39.9 Å². The summed E-state index contributed by atoms with van der Waals surface area (Å²) in [6.45, 7) is 3.18. The molecule has 1 aliphatic carbocycles. The number of nitro benzene ring substituents is 1. The van der Waals surface area contributed by atoms with Crippen LogP contribution in [0.2, 0.25) is 0 Å². The minimum absolute atomic E-state index is 0.0985. The summed E-state index contributed by atoms with van der Waals surface area (Å²) in [5.41, 5.74) is 1.58. The average Bonchev–Trinajstić information content (AvgIpc) is 3.03. The molecule has 2 fully saturated rings. The van der Waals surface area contributed by atoms with Crippen LogP contribution in [0.15, 0.2) is 29.4 Å². The zero-order valence-corrected chi connectivity index (χ0v) is 13.5. The molecule has 2 unspecified atom stereocenters. The van der Waals surface area contributed by atoms with E-state index >= 15 is 0 Å². The highest BCUT2D eigenvalue weighted by Crippen LogP contribution is 2.45. The Balaban J connectivity index is 1.62. The predicted molar refractivity (Wildman–Crippen MR) is 87.8 cm³/mol. The van der Waals surface area contributed by atoms with Crippen LogP contribution in [0.4, 0.5) is 5.69 Å². The van der Waals surface area contributed by atoms with E-state index in [1.54, 1.807) is 12.1 Å². The SMILES string of the molecule is O=[N+]([O-])c1ccc(C2=NOC3(N4CCOCC4)CCCCC23)cc1. The van der Waals surface area contributed by atoms with E-state index in [0.29, 0.717) is 0 Å². The molecule has 7 heteroatoms. The van der Waals surface area contributed by atoms with Crippen LogP contribution in [0.25, 0.3) is 0 Å². The smallest absolute Gasteiger partial charge is 0.269 e. The van der Waals surface area contributed by atoms with Crippen molar-refractivity contribution in [3.63, 3.8) is 0 Å². The molecule has 4 rings (SSSR count). The van der Waals surface area contributed by atoms with Crippen molar-refractivity contribution in [1.82, 2.24) is 4.90 Å². The van der Waals surface area contributed by atoms with Crippen LogP contribution < -0.4 is 0 Å². The molecule has 1 saturated carbocycles. The van der Waals surface area contributed by atoms with Gasteiger partial charge in [0.05, 0.1) is 29.8 Å². The summed E-state index contributed by atoms with van der Waals surface area (Å²) in [5.74, 6) is 0.214. The Kier molecular flexibility index (Phi) is 3.97. The van der Waals surface area contributed by atoms with Crippen molar-refractivity contribution < 1.29 is 14.5 Å². The second-order valence-corrected chi connectivity index (χ2v) is 6.61. The van der Waals surface area contributed by atoms with Crippen LogP contribution in [-0.4, -0.2) is 47.6 Å². The van der Waals surface area contributed by atoms with Crippen molar-refractivity contribution in [2.24, 2.45) is 11.1 Å². The Hall–Kier alpha value is -1.99. The molecule has 128 valence electrons. The lowest BCUT2D eigenvalue weighted by molar-refractivity contribution is -0.384. The Morgan fingerprint density at radius 2 is 1.96 bits per heavy atom. The minimum atomic E-state index is -0.380. The minimum Gasteiger partial charge on any atom is -0.379 e. The summed E-state index contributed by atoms with van der Waals surface area (Å²) >= 11 is 0. The van der Waals surface area contributed by atoms with Crippen LogP contribution in [-0.2, 0) is 9.57 Å². The number of hydrogen-bond acceptors (Lipinski definition) is 6. The first-order valence-electron chi connectivity index (χ1n) is 8.54. The third kappa shape index (κ3) is 2.48. The highest BCUT2D eigenvalue weighted by Gasteiger charge is 2.54. The van der Waals surface area contributed by atoms with Crippen LogP contribution >= 0.6 is 0 Å². The second kappa shape index (κ2) is 6.14. The summed E-state index contributed by atoms with van der Waals surface area (Å²) in [5, 5.41) is 15.3. The molecule has 0 radical (unpaired) electrons. The van der Waals surface area contributed by atoms with Crippen molar-refractivity contribution in [2.75, 3.05) is 26.3 Å². The van der Waals surface area contributed by atoms with Crippen LogP contribution in [0.3, 0.4) is 0 Å². The molecule has 2 aliphatic heterocycles. The number of nitrogens with zero attached hydrogens (tertiary/aromatic N) is 3. The molecule has 0 N–H and O–H groups in total. The number of rotatable bonds is 3. The lowest BCUT2D eigenvalue weighted by Gasteiger charge is -2.46. The maximum Gasteiger partial charge on any atom is 0.269 e. The van der Waals surface area contributed by atoms with Gasteiger partial charge >= 0.3 is 0 Å². The van der Waals surface area contributed by atoms with E-state index in [-0.39, 0.29) is 22.3 Å². The second-order valence-electron chi connectivity index (χ2n) is 6.61. The number of morpholine rings is 1. The molecule has 1 aromatic rings. The Bertz CT molecular complexity index is 654. The normalized spacial score (nSPS) is 30.3. The van der Waals surface area contributed by atoms with E-state index in [2.05, 4.69) is 10.1 Å². The molecule has 0 amide bonds. The number of fused-ring (bicyclic) bond motifs is 1. The number of oxime groups is 1. The third-order valence-electron chi connectivity index (χ3n) is 5.37. The molecule has 2 atom stereocenters. The van der Waals surface area contributed by atoms with Gasteiger partial charge in [-0.25, -0.2) is 0 Å². The summed E-state index contributed by atoms with van der Waals surface area (Å²) in [6, 6.07) is 6.64. The number of benzene rings is 1. The largest absolute Gasteiger partial charge is 0.379 e. The summed E-state index contributed by atoms with van der Waals surface area (Å²) in [6.07, 6.45) is 4.30. The summed E-state index contributed by atoms with van der Waals surface area (Å²) in [4.78, 5) is 18.9. The van der Waals surface area contributed by atoms with E-state index in [0.717, 1.165) is 63.3 Å². The van der Waals surface area contributed by atoms with Gasteiger partial charge < -0.3 is 9.57 Å². The molecular weight excluding hydrogens is 310 g/mol. The van der Waals surface area contributed by atoms with Crippen LogP contribution in [0.5, 0.6) is 0 Å². The van der Waals surface area contributed by atoms with Gasteiger partial charge in [-0.2, -0.15) is 0 Å². The highest BCUT2D eigenvalue weighted by molar-refractivity contribution is 6.03. The van der Waals surface area contributed by atoms with Gasteiger partial charge in [0.25, 0.3) is 5.69 Å². The molecule has 1 saturated heterocycles. The van der Waals surface area contributed by atoms with Crippen molar-refractivity contribution in [1.29, 1.82) is 0 Å². The molecule has 24 heavy (non-hydrogen) atoms. The Labute approximate surface area is 140 Å². The van der Waals surface area contributed by atoms with Gasteiger partial charge in [0, 0.05) is 37.2 Å². The molecule has 2 heterocycles. The standard InChI is InChI=1S/C17H21N3O4/c21-20(22)14-6-4-13(5-7-14)16-15-3-1-2-8-17(15,24-18-16)19-9-11-23-12-10-19/h4-7,15H,1-3,8-12H2. The Morgan fingerprint density at radius 1 is 1.21 bits per heavy atom. The average molecular weight is 331 g/mol. The number of nitro groups is 1. The van der Waals surface area contributed by atoms with E-state index in [1.807, 2.05) is 0 Å². The highest BCUT2D eigenvalue weighted by atomic mass is 16.7. The zero-order valence-electron chi connectivity index (χ0n) is 13.5. The van der Waals surface area contributed by atoms with E-state index in [9.17, 15) is 10.1 Å². The lowest BCUT2D eigenvalue weighted by Crippen LogP contribution is -2.59. The van der Waals surface area contributed by atoms with Gasteiger partial charge in [-0.3, -0.25) is 15.0 Å². The topological polar surface area (TPSA) is 77.2 Å². The van der Waals surface area contributed by atoms with Crippen molar-refractivity contribution in [2.45, 2.75) is 31.4 Å². The van der Waals surface area contributed by atoms with Gasteiger partial charge in [0.15, 0.2) is 5.72 Å². The number of non-ortho nitro benzene ring substituents is 1. The predicted octanol–water partition coefficient (Wildman–Crippen LogP) is 2.55. The fraction of sp³-hybridized carbons (Fsp3) is 0.588. The fourth-order valence-corrected chi connectivity index (χ4v) is 4.16. The molecular formula is C17H21N3O4. The van der Waals surface area contributed by atoms with Crippen molar-refractivity contribution in [3.8, 4) is 0 Å². The van der Waals surface area contributed by atoms with Crippen LogP contribution in [0.1, 0.15) is 31.2 Å². The van der Waals surface area contributed by atoms with E-state index < -0.39 is 0 Å². The Morgan fingerprint density at radius 3 is 2.67 bits per heavy atom. The van der Waals surface area contributed by atoms with Gasteiger partial charge in [-0.05, 0) is 25.0 Å². The first-order chi connectivity index (χ1) is 11.7. The van der Waals surface area contributed by atoms with Crippen molar-refractivity contribution >= 4 is 11.4 Å². The molecule has 1 aromatic carbocycles. The van der Waals surface area contributed by atoms with Gasteiger partial charge in [0.1, 0.15) is 0 Å². The van der Waals surface area contributed by atoms with Crippen LogP contribution in [0, 0.1) is 16.0 Å². The number of ether oxygens (including phenoxy) is 1.